The van der Waals surface area contributed by atoms with E-state index in [1.807, 2.05) is 0 Å². The zero-order valence-electron chi connectivity index (χ0n) is 14.9. The molecule has 2 rings (SSSR count). The van der Waals surface area contributed by atoms with Crippen molar-refractivity contribution in [2.45, 2.75) is 13.3 Å². The number of rotatable bonds is 8. The normalized spacial score (nSPS) is 11.0. The highest BCUT2D eigenvalue weighted by Crippen LogP contribution is 2.38. The molecule has 0 atom stereocenters. The quantitative estimate of drug-likeness (QED) is 0.303. The van der Waals surface area contributed by atoms with Crippen LogP contribution >= 0.6 is 11.3 Å². The Bertz CT molecular complexity index is 788. The maximum absolute atomic E-state index is 12.3. The average molecular weight is 377 g/mol. The second kappa shape index (κ2) is 9.00. The number of thiophene rings is 1. The summed E-state index contributed by atoms with van der Waals surface area (Å²) in [5.74, 6) is -0.0205. The van der Waals surface area contributed by atoms with E-state index >= 15 is 0 Å². The van der Waals surface area contributed by atoms with Crippen molar-refractivity contribution in [2.75, 3.05) is 21.3 Å². The summed E-state index contributed by atoms with van der Waals surface area (Å²) < 4.78 is 15.6. The molecule has 0 radical (unpaired) electrons. The fourth-order valence-corrected chi connectivity index (χ4v) is 2.85. The first-order valence-corrected chi connectivity index (χ1v) is 8.60. The molecule has 0 spiro atoms. The SMILES string of the molecule is CCC(=NOC(=O)c1cc(OC)c(OC)c(OC)c1)C(=O)c1cccs1. The van der Waals surface area contributed by atoms with E-state index in [0.717, 1.165) is 0 Å². The lowest BCUT2D eigenvalue weighted by atomic mass is 10.1. The van der Waals surface area contributed by atoms with Crippen LogP contribution in [-0.4, -0.2) is 38.8 Å². The third-order valence-electron chi connectivity index (χ3n) is 3.48. The molecular formula is C18H19NO6S. The smallest absolute Gasteiger partial charge is 0.366 e. The van der Waals surface area contributed by atoms with E-state index in [2.05, 4.69) is 5.16 Å². The summed E-state index contributed by atoms with van der Waals surface area (Å²) in [5, 5.41) is 5.53. The first-order valence-electron chi connectivity index (χ1n) is 7.72. The lowest BCUT2D eigenvalue weighted by molar-refractivity contribution is 0.0514. The Hall–Kier alpha value is -2.87. The molecule has 26 heavy (non-hydrogen) atoms. The lowest BCUT2D eigenvalue weighted by Crippen LogP contribution is -2.14. The van der Waals surface area contributed by atoms with Crippen LogP contribution in [0.2, 0.25) is 0 Å². The van der Waals surface area contributed by atoms with Crippen molar-refractivity contribution in [3.63, 3.8) is 0 Å². The molecule has 0 N–H and O–H groups in total. The van der Waals surface area contributed by atoms with E-state index in [1.54, 1.807) is 24.4 Å². The van der Waals surface area contributed by atoms with Gasteiger partial charge in [0, 0.05) is 0 Å². The van der Waals surface area contributed by atoms with E-state index in [-0.39, 0.29) is 17.1 Å². The van der Waals surface area contributed by atoms with Crippen LogP contribution in [-0.2, 0) is 4.84 Å². The Morgan fingerprint density at radius 1 is 1.08 bits per heavy atom. The predicted molar refractivity (Wildman–Crippen MR) is 97.9 cm³/mol. The molecule has 138 valence electrons. The van der Waals surface area contributed by atoms with Crippen molar-refractivity contribution in [2.24, 2.45) is 5.16 Å². The van der Waals surface area contributed by atoms with Crippen LogP contribution in [0.5, 0.6) is 17.2 Å². The number of oxime groups is 1. The number of Topliss-reactive ketones (excluding diaryl/α,β-unsaturated/α-hetero) is 1. The minimum Gasteiger partial charge on any atom is -0.493 e. The second-order valence-corrected chi connectivity index (χ2v) is 5.94. The van der Waals surface area contributed by atoms with Gasteiger partial charge in [-0.15, -0.1) is 11.3 Å². The van der Waals surface area contributed by atoms with Crippen molar-refractivity contribution >= 4 is 28.8 Å². The van der Waals surface area contributed by atoms with Gasteiger partial charge in [0.1, 0.15) is 5.71 Å². The number of carbonyl (C=O) groups excluding carboxylic acids is 2. The molecule has 8 heteroatoms. The number of ketones is 1. The Kier molecular flexibility index (Phi) is 6.74. The fraction of sp³-hybridized carbons (Fsp3) is 0.278. The summed E-state index contributed by atoms with van der Waals surface area (Å²) in [4.78, 5) is 30.1. The number of hydrogen-bond donors (Lipinski definition) is 0. The summed E-state index contributed by atoms with van der Waals surface area (Å²) in [6.45, 7) is 1.76. The standard InChI is InChI=1S/C18H19NO6S/c1-5-12(16(20)15-7-6-8-26-15)19-25-18(21)11-9-13(22-2)17(24-4)14(10-11)23-3/h6-10H,5H2,1-4H3. The summed E-state index contributed by atoms with van der Waals surface area (Å²) >= 11 is 1.30. The van der Waals surface area contributed by atoms with Crippen LogP contribution in [0.25, 0.3) is 0 Å². The fourth-order valence-electron chi connectivity index (χ4n) is 2.16. The number of carbonyl (C=O) groups is 2. The molecule has 1 aromatic heterocycles. The van der Waals surface area contributed by atoms with E-state index in [1.165, 1.54) is 44.8 Å². The summed E-state index contributed by atoms with van der Waals surface area (Å²) in [6.07, 6.45) is 0.333. The van der Waals surface area contributed by atoms with E-state index in [4.69, 9.17) is 19.0 Å². The second-order valence-electron chi connectivity index (χ2n) is 4.99. The molecule has 0 saturated carbocycles. The molecule has 0 bridgehead atoms. The number of nitrogens with zero attached hydrogens (tertiary/aromatic N) is 1. The molecule has 1 aromatic carbocycles. The van der Waals surface area contributed by atoms with Crippen molar-refractivity contribution in [3.05, 3.63) is 40.1 Å². The van der Waals surface area contributed by atoms with E-state index in [9.17, 15) is 9.59 Å². The van der Waals surface area contributed by atoms with Gasteiger partial charge in [0.15, 0.2) is 11.5 Å². The largest absolute Gasteiger partial charge is 0.493 e. The maximum Gasteiger partial charge on any atom is 0.366 e. The Balaban J connectivity index is 2.24. The van der Waals surface area contributed by atoms with Gasteiger partial charge in [0.05, 0.1) is 31.8 Å². The van der Waals surface area contributed by atoms with Crippen LogP contribution in [0, 0.1) is 0 Å². The third-order valence-corrected chi connectivity index (χ3v) is 4.35. The summed E-state index contributed by atoms with van der Waals surface area (Å²) in [7, 11) is 4.35. The number of ether oxygens (including phenoxy) is 3. The highest BCUT2D eigenvalue weighted by molar-refractivity contribution is 7.13. The molecule has 0 amide bonds. The van der Waals surface area contributed by atoms with Gasteiger partial charge in [-0.05, 0) is 30.0 Å². The van der Waals surface area contributed by atoms with Crippen LogP contribution in [0.15, 0.2) is 34.8 Å². The molecule has 0 unspecified atom stereocenters. The number of hydrogen-bond acceptors (Lipinski definition) is 8. The minimum atomic E-state index is -0.741. The van der Waals surface area contributed by atoms with Crippen LogP contribution in [0.4, 0.5) is 0 Å². The zero-order valence-corrected chi connectivity index (χ0v) is 15.7. The minimum absolute atomic E-state index is 0.155. The topological polar surface area (TPSA) is 83.4 Å². The van der Waals surface area contributed by atoms with E-state index in [0.29, 0.717) is 28.5 Å². The first-order chi connectivity index (χ1) is 12.5. The molecule has 2 aromatic rings. The van der Waals surface area contributed by atoms with E-state index < -0.39 is 5.97 Å². The Labute approximate surface area is 155 Å². The first kappa shape index (κ1) is 19.5. The van der Waals surface area contributed by atoms with Crippen molar-refractivity contribution in [3.8, 4) is 17.2 Å². The van der Waals surface area contributed by atoms with Gasteiger partial charge < -0.3 is 19.0 Å². The molecule has 0 fully saturated rings. The number of methoxy groups -OCH3 is 3. The van der Waals surface area contributed by atoms with Gasteiger partial charge in [-0.25, -0.2) is 4.79 Å². The number of benzene rings is 1. The molecule has 0 aliphatic carbocycles. The average Bonchev–Trinajstić information content (AvgIpc) is 3.21. The van der Waals surface area contributed by atoms with Crippen LogP contribution in [0.3, 0.4) is 0 Å². The molecule has 7 nitrogen and oxygen atoms in total. The van der Waals surface area contributed by atoms with Crippen LogP contribution < -0.4 is 14.2 Å². The Morgan fingerprint density at radius 2 is 1.73 bits per heavy atom. The van der Waals surface area contributed by atoms with Crippen molar-refractivity contribution in [1.29, 1.82) is 0 Å². The van der Waals surface area contributed by atoms with Crippen molar-refractivity contribution in [1.82, 2.24) is 0 Å². The molecule has 0 aliphatic rings. The molecule has 1 heterocycles. The van der Waals surface area contributed by atoms with Gasteiger partial charge >= 0.3 is 5.97 Å². The molecule has 0 aliphatic heterocycles. The maximum atomic E-state index is 12.3. The predicted octanol–water partition coefficient (Wildman–Crippen LogP) is 3.58. The molecule has 0 saturated heterocycles. The van der Waals surface area contributed by atoms with Gasteiger partial charge in [0.25, 0.3) is 0 Å². The van der Waals surface area contributed by atoms with Crippen molar-refractivity contribution < 1.29 is 28.6 Å². The highest BCUT2D eigenvalue weighted by Gasteiger charge is 2.19. The monoisotopic (exact) mass is 377 g/mol. The van der Waals surface area contributed by atoms with Gasteiger partial charge in [-0.3, -0.25) is 4.79 Å². The summed E-state index contributed by atoms with van der Waals surface area (Å²) in [6, 6.07) is 6.37. The third kappa shape index (κ3) is 4.20. The molecular weight excluding hydrogens is 358 g/mol. The highest BCUT2D eigenvalue weighted by atomic mass is 32.1. The Morgan fingerprint density at radius 3 is 2.19 bits per heavy atom. The van der Waals surface area contributed by atoms with Gasteiger partial charge in [-0.2, -0.15) is 0 Å². The zero-order chi connectivity index (χ0) is 19.1. The van der Waals surface area contributed by atoms with Gasteiger partial charge in [0.2, 0.25) is 11.5 Å². The lowest BCUT2D eigenvalue weighted by Gasteiger charge is -2.13. The van der Waals surface area contributed by atoms with Gasteiger partial charge in [-0.1, -0.05) is 18.1 Å². The van der Waals surface area contributed by atoms with Crippen LogP contribution in [0.1, 0.15) is 33.4 Å². The summed E-state index contributed by atoms with van der Waals surface area (Å²) in [5.41, 5.74) is 0.315.